The summed E-state index contributed by atoms with van der Waals surface area (Å²) in [6.45, 7) is 1.85. The monoisotopic (exact) mass is 435 g/mol. The molecular weight excluding hydrogens is 410 g/mol. The summed E-state index contributed by atoms with van der Waals surface area (Å²) < 4.78 is 27.8. The molecule has 29 heavy (non-hydrogen) atoms. The van der Waals surface area contributed by atoms with Crippen LogP contribution in [0.4, 0.5) is 5.69 Å². The van der Waals surface area contributed by atoms with E-state index in [1.807, 2.05) is 19.1 Å². The molecule has 0 aromatic heterocycles. The maximum atomic E-state index is 12.6. The van der Waals surface area contributed by atoms with E-state index in [1.54, 1.807) is 24.3 Å². The normalized spacial score (nSPS) is 23.1. The fraction of sp³-hybridized carbons (Fsp3) is 0.381. The second-order valence-electron chi connectivity index (χ2n) is 7.72. The number of aryl methyl sites for hydroxylation is 1. The molecule has 2 aliphatic heterocycles. The number of sulfonamides is 1. The van der Waals surface area contributed by atoms with Gasteiger partial charge in [0.1, 0.15) is 0 Å². The highest BCUT2D eigenvalue weighted by Crippen LogP contribution is 2.27. The second kappa shape index (κ2) is 8.73. The van der Waals surface area contributed by atoms with Crippen molar-refractivity contribution in [2.45, 2.75) is 55.6 Å². The number of hydrogen-bond acceptors (Lipinski definition) is 4. The average molecular weight is 436 g/mol. The highest BCUT2D eigenvalue weighted by molar-refractivity contribution is 7.92. The van der Waals surface area contributed by atoms with Gasteiger partial charge in [-0.2, -0.15) is 0 Å². The number of piperidine rings is 1. The molecule has 2 bridgehead atoms. The van der Waals surface area contributed by atoms with E-state index in [4.69, 9.17) is 0 Å². The number of nitrogens with one attached hydrogen (secondary N) is 3. The number of halogens is 1. The van der Waals surface area contributed by atoms with Gasteiger partial charge in [-0.1, -0.05) is 18.2 Å². The van der Waals surface area contributed by atoms with Gasteiger partial charge in [0.15, 0.2) is 0 Å². The van der Waals surface area contributed by atoms with Crippen molar-refractivity contribution in [2.75, 3.05) is 4.72 Å². The standard InChI is InChI=1S/C21H25N3O3S.ClH/c1-14-4-2-3-5-20(14)24-28(26,27)19-10-6-15(7-11-19)21(25)23-18-12-16-8-9-17(13-18)22-16;/h2-7,10-11,16-18,22,24H,8-9,12-13H2,1H3,(H,23,25);1H. The third kappa shape index (κ3) is 4.91. The zero-order chi connectivity index (χ0) is 19.7. The minimum atomic E-state index is -3.70. The Hall–Kier alpha value is -2.09. The molecule has 2 fully saturated rings. The lowest BCUT2D eigenvalue weighted by Crippen LogP contribution is -2.48. The first-order chi connectivity index (χ1) is 13.4. The lowest BCUT2D eigenvalue weighted by molar-refractivity contribution is 0.0924. The quantitative estimate of drug-likeness (QED) is 0.672. The number of para-hydroxylation sites is 1. The smallest absolute Gasteiger partial charge is 0.261 e. The molecule has 0 saturated carbocycles. The summed E-state index contributed by atoms with van der Waals surface area (Å²) in [5, 5.41) is 6.65. The van der Waals surface area contributed by atoms with E-state index < -0.39 is 10.0 Å². The predicted octanol–water partition coefficient (Wildman–Crippen LogP) is 3.23. The van der Waals surface area contributed by atoms with E-state index >= 15 is 0 Å². The summed E-state index contributed by atoms with van der Waals surface area (Å²) in [6.07, 6.45) is 4.26. The fourth-order valence-corrected chi connectivity index (χ4v) is 5.25. The van der Waals surface area contributed by atoms with Crippen LogP contribution in [-0.4, -0.2) is 32.5 Å². The summed E-state index contributed by atoms with van der Waals surface area (Å²) in [6, 6.07) is 14.5. The van der Waals surface area contributed by atoms with E-state index in [2.05, 4.69) is 15.4 Å². The Balaban J connectivity index is 0.00000240. The summed E-state index contributed by atoms with van der Waals surface area (Å²) >= 11 is 0. The van der Waals surface area contributed by atoms with Crippen molar-refractivity contribution in [1.29, 1.82) is 0 Å². The van der Waals surface area contributed by atoms with Gasteiger partial charge in [-0.3, -0.25) is 9.52 Å². The lowest BCUT2D eigenvalue weighted by atomic mass is 9.99. The number of anilines is 1. The van der Waals surface area contributed by atoms with Crippen molar-refractivity contribution in [1.82, 2.24) is 10.6 Å². The van der Waals surface area contributed by atoms with Gasteiger partial charge in [0.2, 0.25) is 0 Å². The van der Waals surface area contributed by atoms with Crippen LogP contribution in [0.5, 0.6) is 0 Å². The van der Waals surface area contributed by atoms with E-state index in [1.165, 1.54) is 25.0 Å². The molecule has 156 valence electrons. The van der Waals surface area contributed by atoms with Crippen LogP contribution in [0.1, 0.15) is 41.6 Å². The van der Waals surface area contributed by atoms with Gasteiger partial charge in [0, 0.05) is 23.7 Å². The van der Waals surface area contributed by atoms with Crippen molar-refractivity contribution in [3.05, 3.63) is 59.7 Å². The van der Waals surface area contributed by atoms with Crippen molar-refractivity contribution in [3.8, 4) is 0 Å². The Morgan fingerprint density at radius 2 is 1.62 bits per heavy atom. The second-order valence-corrected chi connectivity index (χ2v) is 9.41. The number of amides is 1. The molecule has 1 amide bonds. The first-order valence-electron chi connectivity index (χ1n) is 9.66. The molecule has 4 rings (SSSR count). The number of rotatable bonds is 5. The molecule has 2 heterocycles. The van der Waals surface area contributed by atoms with E-state index in [0.717, 1.165) is 18.4 Å². The molecule has 6 nitrogen and oxygen atoms in total. The van der Waals surface area contributed by atoms with Gasteiger partial charge in [-0.25, -0.2) is 8.42 Å². The lowest BCUT2D eigenvalue weighted by Gasteiger charge is -2.29. The Labute approximate surface area is 177 Å². The van der Waals surface area contributed by atoms with Crippen LogP contribution < -0.4 is 15.4 Å². The number of fused-ring (bicyclic) bond motifs is 2. The molecule has 2 aromatic rings. The predicted molar refractivity (Wildman–Crippen MR) is 116 cm³/mol. The number of carbonyl (C=O) groups excluding carboxylic acids is 1. The number of hydrogen-bond donors (Lipinski definition) is 3. The highest BCUT2D eigenvalue weighted by atomic mass is 35.5. The number of benzene rings is 2. The molecule has 0 radical (unpaired) electrons. The molecule has 8 heteroatoms. The average Bonchev–Trinajstić information content (AvgIpc) is 3.02. The van der Waals surface area contributed by atoms with Crippen molar-refractivity contribution < 1.29 is 13.2 Å². The third-order valence-corrected chi connectivity index (χ3v) is 7.01. The van der Waals surface area contributed by atoms with E-state index in [9.17, 15) is 13.2 Å². The number of carbonyl (C=O) groups is 1. The van der Waals surface area contributed by atoms with Crippen molar-refractivity contribution in [2.24, 2.45) is 0 Å². The molecule has 2 aromatic carbocycles. The Morgan fingerprint density at radius 1 is 1.00 bits per heavy atom. The third-order valence-electron chi connectivity index (χ3n) is 5.62. The molecular formula is C21H26ClN3O3S. The van der Waals surface area contributed by atoms with Gasteiger partial charge >= 0.3 is 0 Å². The largest absolute Gasteiger partial charge is 0.349 e. The Morgan fingerprint density at radius 3 is 2.24 bits per heavy atom. The Bertz CT molecular complexity index is 967. The molecule has 0 aliphatic carbocycles. The van der Waals surface area contributed by atoms with Crippen LogP contribution in [0.3, 0.4) is 0 Å². The highest BCUT2D eigenvalue weighted by Gasteiger charge is 2.34. The van der Waals surface area contributed by atoms with Crippen LogP contribution in [0.2, 0.25) is 0 Å². The minimum Gasteiger partial charge on any atom is -0.349 e. The first kappa shape index (κ1) is 21.6. The Kier molecular flexibility index (Phi) is 6.51. The van der Waals surface area contributed by atoms with Crippen LogP contribution in [0.25, 0.3) is 0 Å². The molecule has 2 aliphatic rings. The van der Waals surface area contributed by atoms with Gasteiger partial charge in [0.25, 0.3) is 15.9 Å². The summed E-state index contributed by atoms with van der Waals surface area (Å²) in [4.78, 5) is 12.7. The van der Waals surface area contributed by atoms with Gasteiger partial charge < -0.3 is 10.6 Å². The van der Waals surface area contributed by atoms with Crippen molar-refractivity contribution in [3.63, 3.8) is 0 Å². The van der Waals surface area contributed by atoms with Crippen LogP contribution in [-0.2, 0) is 10.0 Å². The van der Waals surface area contributed by atoms with Gasteiger partial charge in [-0.05, 0) is 68.5 Å². The zero-order valence-corrected chi connectivity index (χ0v) is 17.9. The minimum absolute atomic E-state index is 0. The molecule has 3 N–H and O–H groups in total. The van der Waals surface area contributed by atoms with Crippen molar-refractivity contribution >= 4 is 34.0 Å². The SMILES string of the molecule is Cc1ccccc1NS(=O)(=O)c1ccc(C(=O)NC2CC3CCC(C2)N3)cc1.Cl. The molecule has 0 spiro atoms. The topological polar surface area (TPSA) is 87.3 Å². The van der Waals surface area contributed by atoms with Gasteiger partial charge in [-0.15, -0.1) is 12.4 Å². The molecule has 2 unspecified atom stereocenters. The maximum absolute atomic E-state index is 12.6. The summed E-state index contributed by atoms with van der Waals surface area (Å²) in [7, 11) is -3.70. The van der Waals surface area contributed by atoms with Crippen LogP contribution in [0, 0.1) is 6.92 Å². The maximum Gasteiger partial charge on any atom is 0.261 e. The fourth-order valence-electron chi connectivity index (χ4n) is 4.12. The molecule has 2 atom stereocenters. The molecule has 2 saturated heterocycles. The van der Waals surface area contributed by atoms with Crippen LogP contribution in [0.15, 0.2) is 53.4 Å². The summed E-state index contributed by atoms with van der Waals surface area (Å²) in [5.74, 6) is -0.151. The summed E-state index contributed by atoms with van der Waals surface area (Å²) in [5.41, 5.74) is 1.86. The van der Waals surface area contributed by atoms with Gasteiger partial charge in [0.05, 0.1) is 10.6 Å². The van der Waals surface area contributed by atoms with E-state index in [0.29, 0.717) is 23.3 Å². The van der Waals surface area contributed by atoms with E-state index in [-0.39, 0.29) is 29.3 Å². The first-order valence-corrected chi connectivity index (χ1v) is 11.1. The zero-order valence-electron chi connectivity index (χ0n) is 16.2. The van der Waals surface area contributed by atoms with Crippen LogP contribution >= 0.6 is 12.4 Å².